The minimum Gasteiger partial charge on any atom is -0.376 e. The number of hydrogen-bond acceptors (Lipinski definition) is 5. The molecule has 0 aliphatic carbocycles. The minimum atomic E-state index is -3.50. The van der Waals surface area contributed by atoms with Crippen LogP contribution in [0.5, 0.6) is 0 Å². The number of imidazole rings is 1. The predicted octanol–water partition coefficient (Wildman–Crippen LogP) is 0.769. The highest BCUT2D eigenvalue weighted by Gasteiger charge is 2.45. The Bertz CT molecular complexity index is 620. The van der Waals surface area contributed by atoms with Crippen molar-refractivity contribution in [3.05, 3.63) is 12.5 Å². The van der Waals surface area contributed by atoms with Gasteiger partial charge in [-0.2, -0.15) is 4.31 Å². The summed E-state index contributed by atoms with van der Waals surface area (Å²) in [4.78, 5) is 3.97. The van der Waals surface area contributed by atoms with Gasteiger partial charge in [-0.1, -0.05) is 0 Å². The molecule has 1 unspecified atom stereocenters. The van der Waals surface area contributed by atoms with Crippen LogP contribution in [-0.4, -0.2) is 60.3 Å². The van der Waals surface area contributed by atoms with Crippen molar-refractivity contribution in [2.45, 2.75) is 42.9 Å². The van der Waals surface area contributed by atoms with Gasteiger partial charge in [-0.15, -0.1) is 0 Å². The summed E-state index contributed by atoms with van der Waals surface area (Å²) in [7, 11) is -1.74. The van der Waals surface area contributed by atoms with E-state index in [2.05, 4.69) is 4.98 Å². The molecule has 1 aromatic rings. The SMILES string of the molecule is CCOC1COC2(CCN(S(=O)(=O)c3cn(C)cn3)CC2)C1. The van der Waals surface area contributed by atoms with Crippen molar-refractivity contribution in [2.75, 3.05) is 26.3 Å². The van der Waals surface area contributed by atoms with Gasteiger partial charge in [-0.3, -0.25) is 0 Å². The number of nitrogens with zero attached hydrogens (tertiary/aromatic N) is 3. The van der Waals surface area contributed by atoms with Crippen molar-refractivity contribution in [2.24, 2.45) is 7.05 Å². The maximum atomic E-state index is 12.6. The molecule has 0 radical (unpaired) electrons. The lowest BCUT2D eigenvalue weighted by molar-refractivity contribution is -0.0336. The van der Waals surface area contributed by atoms with Crippen molar-refractivity contribution in [3.63, 3.8) is 0 Å². The molecule has 0 N–H and O–H groups in total. The Balaban J connectivity index is 1.65. The Hall–Kier alpha value is -0.960. The third-order valence-electron chi connectivity index (χ3n) is 4.50. The lowest BCUT2D eigenvalue weighted by Gasteiger charge is -2.37. The van der Waals surface area contributed by atoms with E-state index in [-0.39, 0.29) is 16.7 Å². The molecule has 7 nitrogen and oxygen atoms in total. The number of sulfonamides is 1. The fraction of sp³-hybridized carbons (Fsp3) is 0.786. The third-order valence-corrected chi connectivity index (χ3v) is 6.28. The second-order valence-electron chi connectivity index (χ2n) is 6.06. The van der Waals surface area contributed by atoms with Crippen LogP contribution in [0.15, 0.2) is 17.6 Å². The van der Waals surface area contributed by atoms with E-state index in [1.54, 1.807) is 11.6 Å². The van der Waals surface area contributed by atoms with Gasteiger partial charge in [0.1, 0.15) is 0 Å². The van der Waals surface area contributed by atoms with Gasteiger partial charge in [0.15, 0.2) is 5.03 Å². The van der Waals surface area contributed by atoms with Gasteiger partial charge in [0.2, 0.25) is 0 Å². The van der Waals surface area contributed by atoms with Crippen molar-refractivity contribution >= 4 is 10.0 Å². The summed E-state index contributed by atoms with van der Waals surface area (Å²) in [6.45, 7) is 4.22. The molecule has 0 amide bonds. The van der Waals surface area contributed by atoms with E-state index in [4.69, 9.17) is 9.47 Å². The Morgan fingerprint density at radius 1 is 1.45 bits per heavy atom. The molecule has 0 aromatic carbocycles. The van der Waals surface area contributed by atoms with E-state index in [9.17, 15) is 8.42 Å². The van der Waals surface area contributed by atoms with E-state index in [0.717, 1.165) is 6.42 Å². The van der Waals surface area contributed by atoms with Crippen LogP contribution in [0.25, 0.3) is 0 Å². The summed E-state index contributed by atoms with van der Waals surface area (Å²) in [5, 5.41) is 0.116. The number of aryl methyl sites for hydroxylation is 1. The average molecular weight is 329 g/mol. The van der Waals surface area contributed by atoms with Gasteiger partial charge in [-0.05, 0) is 19.8 Å². The zero-order chi connectivity index (χ0) is 15.8. The second-order valence-corrected chi connectivity index (χ2v) is 7.94. The number of aromatic nitrogens is 2. The maximum absolute atomic E-state index is 12.6. The molecule has 22 heavy (non-hydrogen) atoms. The van der Waals surface area contributed by atoms with Gasteiger partial charge in [0.25, 0.3) is 10.0 Å². The molecule has 2 aliphatic heterocycles. The molecule has 1 atom stereocenters. The van der Waals surface area contributed by atoms with Crippen LogP contribution in [0.4, 0.5) is 0 Å². The standard InChI is InChI=1S/C14H23N3O4S/c1-3-20-12-8-14(21-10-12)4-6-17(7-5-14)22(18,19)13-9-16(2)11-15-13/h9,11-12H,3-8,10H2,1-2H3. The van der Waals surface area contributed by atoms with Crippen molar-refractivity contribution in [1.82, 2.24) is 13.9 Å². The van der Waals surface area contributed by atoms with Crippen LogP contribution in [0.3, 0.4) is 0 Å². The third kappa shape index (κ3) is 2.92. The molecule has 1 aromatic heterocycles. The highest BCUT2D eigenvalue weighted by Crippen LogP contribution is 2.38. The van der Waals surface area contributed by atoms with Gasteiger partial charge in [0.05, 0.1) is 24.6 Å². The molecule has 1 spiro atoms. The van der Waals surface area contributed by atoms with Gasteiger partial charge < -0.3 is 14.0 Å². The van der Waals surface area contributed by atoms with Gasteiger partial charge >= 0.3 is 0 Å². The van der Waals surface area contributed by atoms with E-state index in [1.807, 2.05) is 6.92 Å². The van der Waals surface area contributed by atoms with Crippen LogP contribution in [0.1, 0.15) is 26.2 Å². The summed E-state index contributed by atoms with van der Waals surface area (Å²) >= 11 is 0. The smallest absolute Gasteiger partial charge is 0.262 e. The number of ether oxygens (including phenoxy) is 2. The first-order valence-corrected chi connectivity index (χ1v) is 9.13. The Kier molecular flexibility index (Phi) is 4.28. The van der Waals surface area contributed by atoms with Crippen molar-refractivity contribution in [3.8, 4) is 0 Å². The summed E-state index contributed by atoms with van der Waals surface area (Å²) in [6.07, 6.45) is 5.47. The lowest BCUT2D eigenvalue weighted by atomic mass is 9.89. The normalized spacial score (nSPS) is 25.8. The van der Waals surface area contributed by atoms with E-state index in [0.29, 0.717) is 39.1 Å². The summed E-state index contributed by atoms with van der Waals surface area (Å²) in [6, 6.07) is 0. The molecular formula is C14H23N3O4S. The van der Waals surface area contributed by atoms with Crippen LogP contribution in [0, 0.1) is 0 Å². The molecule has 2 aliphatic rings. The van der Waals surface area contributed by atoms with Gasteiger partial charge in [-0.25, -0.2) is 13.4 Å². The molecule has 2 saturated heterocycles. The first kappa shape index (κ1) is 15.9. The fourth-order valence-electron chi connectivity index (χ4n) is 3.28. The van der Waals surface area contributed by atoms with Crippen LogP contribution < -0.4 is 0 Å². The van der Waals surface area contributed by atoms with E-state index < -0.39 is 10.0 Å². The van der Waals surface area contributed by atoms with Crippen LogP contribution in [-0.2, 0) is 26.5 Å². The Labute approximate surface area is 131 Å². The summed E-state index contributed by atoms with van der Waals surface area (Å²) in [5.74, 6) is 0. The zero-order valence-corrected chi connectivity index (χ0v) is 13.9. The monoisotopic (exact) mass is 329 g/mol. The summed E-state index contributed by atoms with van der Waals surface area (Å²) in [5.41, 5.74) is -0.212. The average Bonchev–Trinajstić information content (AvgIpc) is 3.08. The first-order chi connectivity index (χ1) is 10.5. The van der Waals surface area contributed by atoms with Crippen LogP contribution in [0.2, 0.25) is 0 Å². The molecule has 3 rings (SSSR count). The quantitative estimate of drug-likeness (QED) is 0.816. The molecule has 2 fully saturated rings. The fourth-order valence-corrected chi connectivity index (χ4v) is 4.69. The number of rotatable bonds is 4. The van der Waals surface area contributed by atoms with Gasteiger partial charge in [0, 0.05) is 39.4 Å². The molecule has 8 heteroatoms. The topological polar surface area (TPSA) is 73.7 Å². The highest BCUT2D eigenvalue weighted by molar-refractivity contribution is 7.89. The van der Waals surface area contributed by atoms with E-state index in [1.165, 1.54) is 16.8 Å². The molecule has 0 saturated carbocycles. The zero-order valence-electron chi connectivity index (χ0n) is 13.1. The largest absolute Gasteiger partial charge is 0.376 e. The lowest BCUT2D eigenvalue weighted by Crippen LogP contribution is -2.46. The minimum absolute atomic E-state index is 0.116. The van der Waals surface area contributed by atoms with E-state index >= 15 is 0 Å². The maximum Gasteiger partial charge on any atom is 0.262 e. The molecule has 0 bridgehead atoms. The van der Waals surface area contributed by atoms with Crippen LogP contribution >= 0.6 is 0 Å². The Morgan fingerprint density at radius 3 is 2.77 bits per heavy atom. The van der Waals surface area contributed by atoms with Crippen molar-refractivity contribution in [1.29, 1.82) is 0 Å². The predicted molar refractivity (Wildman–Crippen MR) is 79.9 cm³/mol. The number of piperidine rings is 1. The molecular weight excluding hydrogens is 306 g/mol. The van der Waals surface area contributed by atoms with Crippen molar-refractivity contribution < 1.29 is 17.9 Å². The second kappa shape index (κ2) is 5.92. The molecule has 3 heterocycles. The Morgan fingerprint density at radius 2 is 2.18 bits per heavy atom. The number of hydrogen-bond donors (Lipinski definition) is 0. The molecule has 124 valence electrons. The summed E-state index contributed by atoms with van der Waals surface area (Å²) < 4.78 is 39.8. The first-order valence-electron chi connectivity index (χ1n) is 7.69. The highest BCUT2D eigenvalue weighted by atomic mass is 32.2.